The zero-order valence-corrected chi connectivity index (χ0v) is 15.5. The highest BCUT2D eigenvalue weighted by Crippen LogP contribution is 2.29. The van der Waals surface area contributed by atoms with Crippen molar-refractivity contribution < 1.29 is 22.7 Å². The van der Waals surface area contributed by atoms with E-state index in [0.29, 0.717) is 23.2 Å². The van der Waals surface area contributed by atoms with Crippen molar-refractivity contribution in [2.45, 2.75) is 26.3 Å². The molecule has 0 radical (unpaired) electrons. The van der Waals surface area contributed by atoms with Crippen molar-refractivity contribution in [2.75, 3.05) is 18.1 Å². The number of esters is 1. The molecule has 0 saturated carbocycles. The predicted molar refractivity (Wildman–Crippen MR) is 95.1 cm³/mol. The summed E-state index contributed by atoms with van der Waals surface area (Å²) < 4.78 is 30.5. The average Bonchev–Trinajstić information content (AvgIpc) is 3.11. The van der Waals surface area contributed by atoms with Gasteiger partial charge in [0.2, 0.25) is 5.78 Å². The van der Waals surface area contributed by atoms with E-state index in [0.717, 1.165) is 5.69 Å². The number of pyridine rings is 1. The molecule has 2 aromatic heterocycles. The van der Waals surface area contributed by atoms with E-state index in [9.17, 15) is 18.0 Å². The number of hydrogen-bond acceptors (Lipinski definition) is 6. The van der Waals surface area contributed by atoms with Crippen molar-refractivity contribution in [3.05, 3.63) is 53.1 Å². The molecule has 2 aromatic rings. The van der Waals surface area contributed by atoms with Crippen molar-refractivity contribution in [3.8, 4) is 0 Å². The summed E-state index contributed by atoms with van der Waals surface area (Å²) in [4.78, 5) is 28.3. The molecule has 0 aliphatic carbocycles. The third-order valence-electron chi connectivity index (χ3n) is 4.61. The van der Waals surface area contributed by atoms with Crippen LogP contribution in [-0.2, 0) is 14.6 Å². The number of carbonyl (C=O) groups is 2. The average molecular weight is 376 g/mol. The van der Waals surface area contributed by atoms with Crippen molar-refractivity contribution in [2.24, 2.45) is 0 Å². The molecular formula is C18H20N2O5S. The van der Waals surface area contributed by atoms with Gasteiger partial charge in [-0.1, -0.05) is 0 Å². The van der Waals surface area contributed by atoms with Gasteiger partial charge in [0.25, 0.3) is 0 Å². The van der Waals surface area contributed by atoms with Crippen LogP contribution < -0.4 is 0 Å². The first-order valence-corrected chi connectivity index (χ1v) is 10.1. The standard InChI is InChI=1S/C18H20N2O5S/c1-12-9-16(13(2)20(12)15-5-8-26(23,24)11-15)17(21)10-25-18(22)14-3-6-19-7-4-14/h3-4,6-7,9,15H,5,8,10-11H2,1-2H3/t15-/m1/s1. The Balaban J connectivity index is 1.72. The minimum atomic E-state index is -3.02. The van der Waals surface area contributed by atoms with Crippen molar-refractivity contribution in [3.63, 3.8) is 0 Å². The van der Waals surface area contributed by atoms with Crippen LogP contribution in [0.5, 0.6) is 0 Å². The molecule has 0 aromatic carbocycles. The van der Waals surface area contributed by atoms with E-state index in [1.807, 2.05) is 11.5 Å². The largest absolute Gasteiger partial charge is 0.454 e. The summed E-state index contributed by atoms with van der Waals surface area (Å²) in [5, 5.41) is 0. The number of sulfone groups is 1. The van der Waals surface area contributed by atoms with Crippen LogP contribution in [0.15, 0.2) is 30.6 Å². The Kier molecular flexibility index (Phi) is 4.95. The monoisotopic (exact) mass is 376 g/mol. The summed E-state index contributed by atoms with van der Waals surface area (Å²) in [5.74, 6) is -0.640. The van der Waals surface area contributed by atoms with Gasteiger partial charge in [-0.25, -0.2) is 13.2 Å². The zero-order valence-electron chi connectivity index (χ0n) is 14.6. The van der Waals surface area contributed by atoms with Crippen molar-refractivity contribution >= 4 is 21.6 Å². The molecule has 1 atom stereocenters. The fourth-order valence-corrected chi connectivity index (χ4v) is 5.08. The third-order valence-corrected chi connectivity index (χ3v) is 6.36. The highest BCUT2D eigenvalue weighted by molar-refractivity contribution is 7.91. The molecule has 7 nitrogen and oxygen atoms in total. The fourth-order valence-electron chi connectivity index (χ4n) is 3.38. The SMILES string of the molecule is Cc1cc(C(=O)COC(=O)c2ccncc2)c(C)n1[C@@H]1CCS(=O)(=O)C1. The Morgan fingerprint density at radius 1 is 1.27 bits per heavy atom. The summed E-state index contributed by atoms with van der Waals surface area (Å²) >= 11 is 0. The summed E-state index contributed by atoms with van der Waals surface area (Å²) in [5.41, 5.74) is 2.31. The molecule has 3 rings (SSSR count). The summed E-state index contributed by atoms with van der Waals surface area (Å²) in [6, 6.07) is 4.60. The molecule has 138 valence electrons. The van der Waals surface area contributed by atoms with Crippen molar-refractivity contribution in [1.29, 1.82) is 0 Å². The highest BCUT2D eigenvalue weighted by Gasteiger charge is 2.31. The molecule has 0 bridgehead atoms. The number of Topliss-reactive ketones (excluding diaryl/α,β-unsaturated/α-hetero) is 1. The Bertz CT molecular complexity index is 947. The topological polar surface area (TPSA) is 95.3 Å². The van der Waals surface area contributed by atoms with Gasteiger partial charge in [0.05, 0.1) is 17.1 Å². The van der Waals surface area contributed by atoms with Gasteiger partial charge in [-0.3, -0.25) is 9.78 Å². The maximum absolute atomic E-state index is 12.5. The van der Waals surface area contributed by atoms with Crippen LogP contribution in [0.1, 0.15) is 44.6 Å². The van der Waals surface area contributed by atoms with E-state index >= 15 is 0 Å². The lowest BCUT2D eigenvalue weighted by atomic mass is 10.1. The maximum Gasteiger partial charge on any atom is 0.338 e. The molecule has 8 heteroatoms. The lowest BCUT2D eigenvalue weighted by Crippen LogP contribution is -2.17. The highest BCUT2D eigenvalue weighted by atomic mass is 32.2. The Labute approximate surface area is 151 Å². The number of ketones is 1. The van der Waals surface area contributed by atoms with Crippen LogP contribution in [0.25, 0.3) is 0 Å². The van der Waals surface area contributed by atoms with E-state index in [1.165, 1.54) is 24.5 Å². The molecule has 3 heterocycles. The molecule has 1 aliphatic rings. The van der Waals surface area contributed by atoms with E-state index in [1.54, 1.807) is 13.0 Å². The molecular weight excluding hydrogens is 356 g/mol. The summed E-state index contributed by atoms with van der Waals surface area (Å²) in [6.07, 6.45) is 3.49. The fraction of sp³-hybridized carbons (Fsp3) is 0.389. The molecule has 26 heavy (non-hydrogen) atoms. The number of ether oxygens (including phenoxy) is 1. The van der Waals surface area contributed by atoms with Gasteiger partial charge in [0.15, 0.2) is 16.4 Å². The number of nitrogens with zero attached hydrogens (tertiary/aromatic N) is 2. The molecule has 0 amide bonds. The van der Waals surface area contributed by atoms with Gasteiger partial charge >= 0.3 is 5.97 Å². The predicted octanol–water partition coefficient (Wildman–Crippen LogP) is 1.90. The Morgan fingerprint density at radius 3 is 2.58 bits per heavy atom. The Morgan fingerprint density at radius 2 is 1.96 bits per heavy atom. The van der Waals surface area contributed by atoms with Crippen LogP contribution in [0, 0.1) is 13.8 Å². The van der Waals surface area contributed by atoms with E-state index in [4.69, 9.17) is 4.74 Å². The van der Waals surface area contributed by atoms with Crippen LogP contribution >= 0.6 is 0 Å². The second-order valence-electron chi connectivity index (χ2n) is 6.45. The summed E-state index contributed by atoms with van der Waals surface area (Å²) in [7, 11) is -3.02. The molecule has 1 saturated heterocycles. The second kappa shape index (κ2) is 7.03. The molecule has 1 fully saturated rings. The van der Waals surface area contributed by atoms with Gasteiger partial charge in [-0.2, -0.15) is 0 Å². The minimum absolute atomic E-state index is 0.0913. The second-order valence-corrected chi connectivity index (χ2v) is 8.68. The van der Waals surface area contributed by atoms with Crippen LogP contribution in [0.4, 0.5) is 0 Å². The smallest absolute Gasteiger partial charge is 0.338 e. The third kappa shape index (κ3) is 3.70. The van der Waals surface area contributed by atoms with Gasteiger partial charge < -0.3 is 9.30 Å². The van der Waals surface area contributed by atoms with Gasteiger partial charge in [0.1, 0.15) is 0 Å². The minimum Gasteiger partial charge on any atom is -0.454 e. The Hall–Kier alpha value is -2.48. The normalized spacial score (nSPS) is 18.6. The van der Waals surface area contributed by atoms with Crippen LogP contribution in [0.2, 0.25) is 0 Å². The number of carbonyl (C=O) groups excluding carboxylic acids is 2. The molecule has 0 N–H and O–H groups in total. The van der Waals surface area contributed by atoms with Gasteiger partial charge in [-0.15, -0.1) is 0 Å². The molecule has 0 spiro atoms. The molecule has 0 unspecified atom stereocenters. The first-order valence-electron chi connectivity index (χ1n) is 8.27. The lowest BCUT2D eigenvalue weighted by molar-refractivity contribution is 0.0474. The zero-order chi connectivity index (χ0) is 18.9. The van der Waals surface area contributed by atoms with E-state index in [-0.39, 0.29) is 29.9 Å². The molecule has 1 aliphatic heterocycles. The van der Waals surface area contributed by atoms with Gasteiger partial charge in [0, 0.05) is 35.4 Å². The number of hydrogen-bond donors (Lipinski definition) is 0. The number of rotatable bonds is 5. The lowest BCUT2D eigenvalue weighted by Gasteiger charge is -2.16. The quantitative estimate of drug-likeness (QED) is 0.584. The first kappa shape index (κ1) is 18.3. The van der Waals surface area contributed by atoms with E-state index < -0.39 is 15.8 Å². The van der Waals surface area contributed by atoms with Crippen LogP contribution in [0.3, 0.4) is 0 Å². The van der Waals surface area contributed by atoms with Crippen LogP contribution in [-0.4, -0.2) is 47.8 Å². The first-order chi connectivity index (χ1) is 12.3. The number of aromatic nitrogens is 2. The van der Waals surface area contributed by atoms with E-state index in [2.05, 4.69) is 4.98 Å². The summed E-state index contributed by atoms with van der Waals surface area (Å²) in [6.45, 7) is 3.27. The van der Waals surface area contributed by atoms with Gasteiger partial charge in [-0.05, 0) is 38.5 Å². The maximum atomic E-state index is 12.5. The number of aryl methyl sites for hydroxylation is 1. The van der Waals surface area contributed by atoms with Crippen molar-refractivity contribution in [1.82, 2.24) is 9.55 Å².